The second kappa shape index (κ2) is 8.50. The van der Waals surface area contributed by atoms with Gasteiger partial charge in [-0.05, 0) is 24.5 Å². The number of nitrogens with zero attached hydrogens (tertiary/aromatic N) is 1. The molecular formula is C18H24BN2O9-. The van der Waals surface area contributed by atoms with E-state index in [1.807, 2.05) is 0 Å². The molecule has 1 aromatic rings. The fourth-order valence-electron chi connectivity index (χ4n) is 3.49. The molecule has 12 heteroatoms. The summed E-state index contributed by atoms with van der Waals surface area (Å²) in [7, 11) is 0. The highest BCUT2D eigenvalue weighted by molar-refractivity contribution is 6.59. The number of aryl methyl sites for hydroxylation is 1. The minimum absolute atomic E-state index is 0.0181. The second-order valence-electron chi connectivity index (χ2n) is 7.68. The molecule has 2 aliphatic heterocycles. The van der Waals surface area contributed by atoms with Crippen molar-refractivity contribution in [3.05, 3.63) is 23.3 Å². The molecule has 164 valence electrons. The van der Waals surface area contributed by atoms with Crippen molar-refractivity contribution < 1.29 is 44.0 Å². The lowest BCUT2D eigenvalue weighted by Gasteiger charge is -2.40. The number of likely N-dealkylation sites (tertiary alicyclic amines) is 1. The standard InChI is InChI=1S/C18H24BN2O9/c20-11(2-4-15(23)24)7-14(22)21-8-12(9-21)29-13-3-1-10-5-6-19(27,28)30-17(10)16(13)18(25)26/h1,3,11-12,27-28H,2,4-9,20H2,(H,23,24)(H,25,26)/q-1. The molecule has 1 amide bonds. The molecule has 0 aromatic heterocycles. The minimum atomic E-state index is -3.13. The number of carboxylic acid groups (broad SMARTS) is 2. The lowest BCUT2D eigenvalue weighted by atomic mass is 9.70. The van der Waals surface area contributed by atoms with E-state index in [4.69, 9.17) is 20.2 Å². The molecule has 3 rings (SSSR count). The van der Waals surface area contributed by atoms with E-state index in [9.17, 15) is 29.5 Å². The molecule has 6 N–H and O–H groups in total. The molecular weight excluding hydrogens is 399 g/mol. The predicted octanol–water partition coefficient (Wildman–Crippen LogP) is -0.585. The van der Waals surface area contributed by atoms with Gasteiger partial charge in [-0.3, -0.25) is 9.59 Å². The Labute approximate surface area is 172 Å². The summed E-state index contributed by atoms with van der Waals surface area (Å²) in [4.78, 5) is 36.0. The lowest BCUT2D eigenvalue weighted by Crippen LogP contribution is -2.57. The van der Waals surface area contributed by atoms with Gasteiger partial charge in [0.2, 0.25) is 5.91 Å². The third kappa shape index (κ3) is 5.01. The molecule has 1 aromatic carbocycles. The van der Waals surface area contributed by atoms with Crippen molar-refractivity contribution in [1.82, 2.24) is 4.90 Å². The van der Waals surface area contributed by atoms with Crippen molar-refractivity contribution in [3.8, 4) is 11.5 Å². The first-order valence-electron chi connectivity index (χ1n) is 9.66. The fourth-order valence-corrected chi connectivity index (χ4v) is 3.49. The van der Waals surface area contributed by atoms with Crippen LogP contribution in [0, 0.1) is 0 Å². The number of amides is 1. The van der Waals surface area contributed by atoms with Gasteiger partial charge in [0.1, 0.15) is 17.4 Å². The van der Waals surface area contributed by atoms with Crippen LogP contribution in [0.3, 0.4) is 0 Å². The van der Waals surface area contributed by atoms with Gasteiger partial charge >= 0.3 is 18.7 Å². The van der Waals surface area contributed by atoms with Gasteiger partial charge in [-0.25, -0.2) is 4.79 Å². The highest BCUT2D eigenvalue weighted by Gasteiger charge is 2.36. The summed E-state index contributed by atoms with van der Waals surface area (Å²) in [5.41, 5.74) is 6.03. The Balaban J connectivity index is 1.60. The first-order valence-corrected chi connectivity index (χ1v) is 9.66. The Hall–Kier alpha value is -2.83. The largest absolute Gasteiger partial charge is 0.669 e. The molecule has 11 nitrogen and oxygen atoms in total. The van der Waals surface area contributed by atoms with Crippen molar-refractivity contribution in [3.63, 3.8) is 0 Å². The predicted molar refractivity (Wildman–Crippen MR) is 103 cm³/mol. The Kier molecular flexibility index (Phi) is 6.20. The van der Waals surface area contributed by atoms with Crippen LogP contribution in [0.15, 0.2) is 12.1 Å². The summed E-state index contributed by atoms with van der Waals surface area (Å²) in [6, 6.07) is 2.56. The van der Waals surface area contributed by atoms with Crippen LogP contribution >= 0.6 is 0 Å². The van der Waals surface area contributed by atoms with Gasteiger partial charge in [0.25, 0.3) is 0 Å². The molecule has 30 heavy (non-hydrogen) atoms. The maximum absolute atomic E-state index is 12.2. The smallest absolute Gasteiger partial charge is 0.430 e. The number of carbonyl (C=O) groups excluding carboxylic acids is 1. The van der Waals surface area contributed by atoms with Gasteiger partial charge in [0, 0.05) is 18.9 Å². The number of carboxylic acids is 2. The third-order valence-corrected chi connectivity index (χ3v) is 5.17. The number of aromatic carboxylic acids is 1. The van der Waals surface area contributed by atoms with E-state index in [1.165, 1.54) is 11.0 Å². The van der Waals surface area contributed by atoms with Gasteiger partial charge in [-0.1, -0.05) is 12.4 Å². The zero-order valence-corrected chi connectivity index (χ0v) is 16.2. The summed E-state index contributed by atoms with van der Waals surface area (Å²) >= 11 is 0. The monoisotopic (exact) mass is 423 g/mol. The Morgan fingerprint density at radius 2 is 1.97 bits per heavy atom. The number of hydrogen-bond donors (Lipinski definition) is 5. The van der Waals surface area contributed by atoms with Crippen LogP contribution in [0.2, 0.25) is 6.32 Å². The van der Waals surface area contributed by atoms with Crippen LogP contribution in [-0.4, -0.2) is 75.0 Å². The Bertz CT molecular complexity index is 854. The van der Waals surface area contributed by atoms with E-state index in [2.05, 4.69) is 0 Å². The molecule has 1 fully saturated rings. The van der Waals surface area contributed by atoms with E-state index < -0.39 is 30.8 Å². The van der Waals surface area contributed by atoms with Crippen LogP contribution in [0.25, 0.3) is 0 Å². The Morgan fingerprint density at radius 1 is 1.27 bits per heavy atom. The number of carbonyl (C=O) groups is 3. The first-order chi connectivity index (χ1) is 14.1. The molecule has 1 atom stereocenters. The quantitative estimate of drug-likeness (QED) is 0.339. The van der Waals surface area contributed by atoms with Gasteiger partial charge in [-0.2, -0.15) is 0 Å². The third-order valence-electron chi connectivity index (χ3n) is 5.17. The molecule has 0 bridgehead atoms. The minimum Gasteiger partial charge on any atom is -0.669 e. The average molecular weight is 423 g/mol. The topological polar surface area (TPSA) is 180 Å². The van der Waals surface area contributed by atoms with Crippen LogP contribution in [0.5, 0.6) is 11.5 Å². The van der Waals surface area contributed by atoms with E-state index in [0.717, 1.165) is 0 Å². The number of rotatable bonds is 8. The fraction of sp³-hybridized carbons (Fsp3) is 0.500. The Morgan fingerprint density at radius 3 is 2.60 bits per heavy atom. The number of fused-ring (bicyclic) bond motifs is 1. The summed E-state index contributed by atoms with van der Waals surface area (Å²) in [5.74, 6) is -2.63. The van der Waals surface area contributed by atoms with Gasteiger partial charge in [-0.15, -0.1) is 0 Å². The van der Waals surface area contributed by atoms with Crippen LogP contribution < -0.4 is 15.1 Å². The molecule has 1 unspecified atom stereocenters. The van der Waals surface area contributed by atoms with E-state index in [-0.39, 0.29) is 68.1 Å². The number of aliphatic carboxylic acids is 1. The highest BCUT2D eigenvalue weighted by atomic mass is 16.6. The van der Waals surface area contributed by atoms with Crippen molar-refractivity contribution >= 4 is 24.6 Å². The van der Waals surface area contributed by atoms with E-state index >= 15 is 0 Å². The normalized spacial score (nSPS) is 18.6. The van der Waals surface area contributed by atoms with E-state index in [1.54, 1.807) is 6.07 Å². The van der Waals surface area contributed by atoms with Crippen LogP contribution in [-0.2, 0) is 16.0 Å². The van der Waals surface area contributed by atoms with Crippen molar-refractivity contribution in [2.75, 3.05) is 13.1 Å². The first kappa shape index (κ1) is 21.9. The zero-order valence-electron chi connectivity index (χ0n) is 16.2. The maximum Gasteiger partial charge on any atom is 0.430 e. The molecule has 0 spiro atoms. The van der Waals surface area contributed by atoms with Gasteiger partial charge in [0.15, 0.2) is 0 Å². The van der Waals surface area contributed by atoms with Gasteiger partial charge < -0.3 is 40.3 Å². The van der Waals surface area contributed by atoms with Gasteiger partial charge in [0.05, 0.1) is 18.8 Å². The SMILES string of the molecule is NC(CCC(=O)O)CC(=O)N1CC(Oc2ccc3c(c2C(=O)O)O[B-](O)(O)CC3)C1. The molecule has 2 aliphatic rings. The summed E-state index contributed by atoms with van der Waals surface area (Å²) < 4.78 is 10.8. The number of ether oxygens (including phenoxy) is 1. The summed E-state index contributed by atoms with van der Waals surface area (Å²) in [6.07, 6.45) is -0.1000. The number of nitrogens with two attached hydrogens (primary N) is 1. The van der Waals surface area contributed by atoms with Crippen molar-refractivity contribution in [2.24, 2.45) is 5.73 Å². The maximum atomic E-state index is 12.2. The molecule has 1 saturated heterocycles. The van der Waals surface area contributed by atoms with E-state index in [0.29, 0.717) is 5.56 Å². The molecule has 0 radical (unpaired) electrons. The number of benzene rings is 1. The average Bonchev–Trinajstić information content (AvgIpc) is 2.60. The highest BCUT2D eigenvalue weighted by Crippen LogP contribution is 2.39. The molecule has 2 heterocycles. The van der Waals surface area contributed by atoms with Crippen LogP contribution in [0.4, 0.5) is 0 Å². The summed E-state index contributed by atoms with van der Waals surface area (Å²) in [6.45, 7) is -2.66. The lowest BCUT2D eigenvalue weighted by molar-refractivity contribution is -0.141. The molecule has 0 aliphatic carbocycles. The number of hydrogen-bond acceptors (Lipinski definition) is 8. The molecule has 0 saturated carbocycles. The van der Waals surface area contributed by atoms with Crippen molar-refractivity contribution in [2.45, 2.75) is 44.1 Å². The second-order valence-corrected chi connectivity index (χ2v) is 7.68. The summed E-state index contributed by atoms with van der Waals surface area (Å²) in [5, 5.41) is 37.8. The van der Waals surface area contributed by atoms with Crippen LogP contribution in [0.1, 0.15) is 35.2 Å². The zero-order chi connectivity index (χ0) is 22.1. The van der Waals surface area contributed by atoms with Crippen molar-refractivity contribution in [1.29, 1.82) is 0 Å².